The number of anilines is 1. The highest BCUT2D eigenvalue weighted by Gasteiger charge is 2.24. The van der Waals surface area contributed by atoms with Crippen LogP contribution in [0.1, 0.15) is 24.5 Å². The number of aromatic nitrogens is 2. The van der Waals surface area contributed by atoms with Gasteiger partial charge in [0.25, 0.3) is 5.56 Å². The van der Waals surface area contributed by atoms with Crippen molar-refractivity contribution in [2.75, 3.05) is 5.32 Å². The van der Waals surface area contributed by atoms with Crippen molar-refractivity contribution in [3.63, 3.8) is 0 Å². The molecule has 3 rings (SSSR count). The minimum Gasteiger partial charge on any atom is -0.325 e. The highest BCUT2D eigenvalue weighted by molar-refractivity contribution is 8.00. The maximum atomic E-state index is 12.8. The van der Waals surface area contributed by atoms with Gasteiger partial charge in [0.2, 0.25) is 15.7 Å². The van der Waals surface area contributed by atoms with Crippen LogP contribution in [0.15, 0.2) is 74.5 Å². The van der Waals surface area contributed by atoms with E-state index in [0.717, 1.165) is 29.1 Å². The Morgan fingerprint density at radius 1 is 1.06 bits per heavy atom. The van der Waals surface area contributed by atoms with Crippen molar-refractivity contribution < 1.29 is 13.2 Å². The molecule has 0 aliphatic rings. The Morgan fingerprint density at radius 2 is 1.65 bits per heavy atom. The predicted octanol–water partition coefficient (Wildman–Crippen LogP) is 3.73. The van der Waals surface area contributed by atoms with Gasteiger partial charge in [0.05, 0.1) is 16.3 Å². The number of thioether (sulfide) groups is 1. The van der Waals surface area contributed by atoms with Gasteiger partial charge in [-0.15, -0.1) is 0 Å². The average molecular weight is 458 g/mol. The van der Waals surface area contributed by atoms with E-state index in [0.29, 0.717) is 12.1 Å². The first-order valence-corrected chi connectivity index (χ1v) is 12.0. The molecule has 0 aliphatic heterocycles. The smallest absolute Gasteiger partial charge is 0.270 e. The summed E-state index contributed by atoms with van der Waals surface area (Å²) in [7, 11) is -3.99. The fraction of sp³-hybridized carbons (Fsp3) is 0.227. The molecule has 31 heavy (non-hydrogen) atoms. The number of carbonyl (C=O) groups is 1. The highest BCUT2D eigenvalue weighted by Crippen LogP contribution is 2.24. The van der Waals surface area contributed by atoms with Crippen LogP contribution in [0.4, 0.5) is 5.69 Å². The summed E-state index contributed by atoms with van der Waals surface area (Å²) in [5.41, 5.74) is 1.90. The summed E-state index contributed by atoms with van der Waals surface area (Å²) in [5, 5.41) is 2.51. The third-order valence-corrected chi connectivity index (χ3v) is 7.63. The first-order chi connectivity index (χ1) is 14.7. The Hall–Kier alpha value is -2.91. The van der Waals surface area contributed by atoms with Gasteiger partial charge in [-0.3, -0.25) is 9.59 Å². The van der Waals surface area contributed by atoms with Gasteiger partial charge in [-0.1, -0.05) is 54.1 Å². The van der Waals surface area contributed by atoms with Crippen molar-refractivity contribution in [1.82, 2.24) is 9.97 Å². The summed E-state index contributed by atoms with van der Waals surface area (Å²) in [6.07, 6.45) is 1.54. The number of H-pyrrole nitrogens is 1. The second-order valence-electron chi connectivity index (χ2n) is 7.07. The summed E-state index contributed by atoms with van der Waals surface area (Å²) in [5.74, 6) is -0.227. The average Bonchev–Trinajstić information content (AvgIpc) is 2.73. The van der Waals surface area contributed by atoms with E-state index in [1.165, 1.54) is 12.1 Å². The number of carbonyl (C=O) groups excluding carboxylic acids is 1. The topological polar surface area (TPSA) is 109 Å². The van der Waals surface area contributed by atoms with Gasteiger partial charge in [-0.05, 0) is 44.5 Å². The Bertz CT molecular complexity index is 1230. The minimum absolute atomic E-state index is 0.0229. The van der Waals surface area contributed by atoms with Gasteiger partial charge in [-0.2, -0.15) is 0 Å². The Morgan fingerprint density at radius 3 is 2.19 bits per heavy atom. The summed E-state index contributed by atoms with van der Waals surface area (Å²) in [6.45, 7) is 5.65. The molecule has 1 atom stereocenters. The van der Waals surface area contributed by atoms with Crippen molar-refractivity contribution in [2.45, 2.75) is 47.4 Å². The standard InChI is InChI=1S/C22H23N3O4S2/c1-4-18(20(26)24-16-9-5-14(2)6-10-16)30-22-23-13-19(21(27)25-22)31(28,29)17-11-7-15(3)8-12-17/h5-13,18H,4H2,1-3H3,(H,24,26)(H,23,25,27)/t18-/m1/s1. The van der Waals surface area contributed by atoms with Gasteiger partial charge in [0.15, 0.2) is 10.1 Å². The number of sulfone groups is 1. The molecule has 0 saturated heterocycles. The molecule has 0 unspecified atom stereocenters. The van der Waals surface area contributed by atoms with E-state index in [1.807, 2.05) is 45.0 Å². The van der Waals surface area contributed by atoms with Gasteiger partial charge in [0.1, 0.15) is 0 Å². The van der Waals surface area contributed by atoms with E-state index >= 15 is 0 Å². The van der Waals surface area contributed by atoms with Crippen molar-refractivity contribution in [1.29, 1.82) is 0 Å². The van der Waals surface area contributed by atoms with Crippen LogP contribution >= 0.6 is 11.8 Å². The fourth-order valence-electron chi connectivity index (χ4n) is 2.78. The van der Waals surface area contributed by atoms with Gasteiger partial charge in [-0.25, -0.2) is 13.4 Å². The number of nitrogens with zero attached hydrogens (tertiary/aromatic N) is 1. The molecule has 2 aromatic carbocycles. The van der Waals surface area contributed by atoms with E-state index < -0.39 is 25.5 Å². The number of hydrogen-bond acceptors (Lipinski definition) is 6. The Balaban J connectivity index is 1.78. The number of aryl methyl sites for hydroxylation is 2. The van der Waals surface area contributed by atoms with E-state index in [4.69, 9.17) is 0 Å². The highest BCUT2D eigenvalue weighted by atomic mass is 32.2. The largest absolute Gasteiger partial charge is 0.325 e. The molecule has 2 N–H and O–H groups in total. The molecule has 1 aromatic heterocycles. The number of aromatic amines is 1. The second-order valence-corrected chi connectivity index (χ2v) is 10.2. The number of rotatable bonds is 7. The summed E-state index contributed by atoms with van der Waals surface area (Å²) in [4.78, 5) is 31.3. The molecule has 7 nitrogen and oxygen atoms in total. The van der Waals surface area contributed by atoms with Crippen molar-refractivity contribution in [3.05, 3.63) is 76.2 Å². The van der Waals surface area contributed by atoms with Gasteiger partial charge < -0.3 is 10.3 Å². The van der Waals surface area contributed by atoms with E-state index in [2.05, 4.69) is 15.3 Å². The molecule has 1 heterocycles. The number of hydrogen-bond donors (Lipinski definition) is 2. The monoisotopic (exact) mass is 457 g/mol. The van der Waals surface area contributed by atoms with Crippen LogP contribution < -0.4 is 10.9 Å². The van der Waals surface area contributed by atoms with Crippen molar-refractivity contribution in [2.24, 2.45) is 0 Å². The summed E-state index contributed by atoms with van der Waals surface area (Å²) >= 11 is 1.08. The molecule has 1 amide bonds. The van der Waals surface area contributed by atoms with Crippen LogP contribution in [0, 0.1) is 13.8 Å². The molecule has 3 aromatic rings. The number of nitrogens with one attached hydrogen (secondary N) is 2. The maximum Gasteiger partial charge on any atom is 0.270 e. The molecule has 0 saturated carbocycles. The first-order valence-electron chi connectivity index (χ1n) is 9.66. The van der Waals surface area contributed by atoms with Gasteiger partial charge in [0, 0.05) is 5.69 Å². The quantitative estimate of drug-likeness (QED) is 0.413. The van der Waals surface area contributed by atoms with Gasteiger partial charge >= 0.3 is 0 Å². The summed E-state index contributed by atoms with van der Waals surface area (Å²) < 4.78 is 25.5. The molecule has 9 heteroatoms. The van der Waals surface area contributed by atoms with Crippen LogP contribution in [0.2, 0.25) is 0 Å². The molecular weight excluding hydrogens is 434 g/mol. The lowest BCUT2D eigenvalue weighted by Gasteiger charge is -2.14. The zero-order valence-corrected chi connectivity index (χ0v) is 19.0. The normalized spacial score (nSPS) is 12.4. The Kier molecular flexibility index (Phi) is 6.97. The fourth-order valence-corrected chi connectivity index (χ4v) is 4.88. The van der Waals surface area contributed by atoms with Crippen LogP contribution in [-0.2, 0) is 14.6 Å². The molecule has 0 aliphatic carbocycles. The van der Waals surface area contributed by atoms with E-state index in [9.17, 15) is 18.0 Å². The molecule has 0 spiro atoms. The van der Waals surface area contributed by atoms with E-state index in [-0.39, 0.29) is 16.0 Å². The molecule has 0 bridgehead atoms. The molecular formula is C22H23N3O4S2. The van der Waals surface area contributed by atoms with Crippen molar-refractivity contribution in [3.8, 4) is 0 Å². The lowest BCUT2D eigenvalue weighted by Crippen LogP contribution is -2.26. The summed E-state index contributed by atoms with van der Waals surface area (Å²) in [6, 6.07) is 13.7. The predicted molar refractivity (Wildman–Crippen MR) is 121 cm³/mol. The third kappa shape index (κ3) is 5.42. The minimum atomic E-state index is -3.99. The third-order valence-electron chi connectivity index (χ3n) is 4.60. The lowest BCUT2D eigenvalue weighted by atomic mass is 10.2. The zero-order valence-electron chi connectivity index (χ0n) is 17.4. The van der Waals surface area contributed by atoms with Crippen LogP contribution in [-0.4, -0.2) is 29.5 Å². The maximum absolute atomic E-state index is 12.8. The van der Waals surface area contributed by atoms with Crippen LogP contribution in [0.25, 0.3) is 0 Å². The van der Waals surface area contributed by atoms with Crippen LogP contribution in [0.3, 0.4) is 0 Å². The molecule has 162 valence electrons. The first kappa shape index (κ1) is 22.8. The van der Waals surface area contributed by atoms with E-state index in [1.54, 1.807) is 12.1 Å². The van der Waals surface area contributed by atoms with Crippen LogP contribution in [0.5, 0.6) is 0 Å². The lowest BCUT2D eigenvalue weighted by molar-refractivity contribution is -0.115. The number of amides is 1. The second kappa shape index (κ2) is 9.49. The Labute approximate surface area is 185 Å². The SMILES string of the molecule is CC[C@@H](Sc1ncc(S(=O)(=O)c2ccc(C)cc2)c(=O)[nH]1)C(=O)Nc1ccc(C)cc1. The molecule has 0 fully saturated rings. The zero-order chi connectivity index (χ0) is 22.6. The molecule has 0 radical (unpaired) electrons. The van der Waals surface area contributed by atoms with Crippen molar-refractivity contribution >= 4 is 33.2 Å². The number of benzene rings is 2.